The zero-order chi connectivity index (χ0) is 20.8. The molecule has 148 valence electrons. The maximum atomic E-state index is 12.6. The third-order valence-corrected chi connectivity index (χ3v) is 4.39. The molecule has 0 amide bonds. The number of para-hydroxylation sites is 1. The first kappa shape index (κ1) is 20.9. The lowest BCUT2D eigenvalue weighted by atomic mass is 9.78. The van der Waals surface area contributed by atoms with Gasteiger partial charge in [0.1, 0.15) is 6.61 Å². The summed E-state index contributed by atoms with van der Waals surface area (Å²) in [7, 11) is 1.28. The van der Waals surface area contributed by atoms with Gasteiger partial charge in [-0.15, -0.1) is 0 Å². The quantitative estimate of drug-likeness (QED) is 0.192. The van der Waals surface area contributed by atoms with Crippen LogP contribution in [0.25, 0.3) is 0 Å². The normalized spacial score (nSPS) is 17.1. The van der Waals surface area contributed by atoms with Gasteiger partial charge in [0.2, 0.25) is 0 Å². The van der Waals surface area contributed by atoms with E-state index in [1.165, 1.54) is 13.2 Å². The number of methoxy groups -OCH3 is 1. The van der Waals surface area contributed by atoms with Crippen LogP contribution in [0.1, 0.15) is 32.3 Å². The highest BCUT2D eigenvalue weighted by Gasteiger charge is 2.38. The molecule has 1 aliphatic rings. The van der Waals surface area contributed by atoms with Crippen LogP contribution in [0.4, 0.5) is 5.69 Å². The van der Waals surface area contributed by atoms with Crippen molar-refractivity contribution in [1.82, 2.24) is 5.32 Å². The van der Waals surface area contributed by atoms with Crippen molar-refractivity contribution in [3.05, 3.63) is 75.1 Å². The highest BCUT2D eigenvalue weighted by atomic mass is 16.6. The van der Waals surface area contributed by atoms with Gasteiger partial charge in [-0.2, -0.15) is 0 Å². The van der Waals surface area contributed by atoms with Crippen LogP contribution < -0.4 is 5.32 Å². The van der Waals surface area contributed by atoms with Gasteiger partial charge in [0.25, 0.3) is 5.69 Å². The monoisotopic (exact) mass is 385 g/mol. The van der Waals surface area contributed by atoms with E-state index in [0.29, 0.717) is 22.5 Å². The summed E-state index contributed by atoms with van der Waals surface area (Å²) in [6, 6.07) is 6.33. The minimum atomic E-state index is -0.730. The van der Waals surface area contributed by atoms with E-state index in [9.17, 15) is 14.9 Å². The molecular weight excluding hydrogens is 362 g/mol. The number of esters is 1. The van der Waals surface area contributed by atoms with Gasteiger partial charge >= 0.3 is 5.97 Å². The zero-order valence-corrected chi connectivity index (χ0v) is 16.3. The van der Waals surface area contributed by atoms with Gasteiger partial charge in [-0.1, -0.05) is 36.0 Å². The second kappa shape index (κ2) is 8.98. The molecule has 8 heteroatoms. The molecule has 0 saturated carbocycles. The van der Waals surface area contributed by atoms with Crippen molar-refractivity contribution in [2.75, 3.05) is 13.7 Å². The number of nitrogens with one attached hydrogen (secondary N) is 1. The Morgan fingerprint density at radius 2 is 1.96 bits per heavy atom. The van der Waals surface area contributed by atoms with Crippen LogP contribution in [0.2, 0.25) is 0 Å². The van der Waals surface area contributed by atoms with Gasteiger partial charge in [0.15, 0.2) is 0 Å². The van der Waals surface area contributed by atoms with E-state index in [0.717, 1.165) is 5.70 Å². The van der Waals surface area contributed by atoms with Gasteiger partial charge in [0.05, 0.1) is 29.2 Å². The van der Waals surface area contributed by atoms with Crippen LogP contribution in [0, 0.1) is 10.1 Å². The Hall–Kier alpha value is -3.42. The van der Waals surface area contributed by atoms with Crippen molar-refractivity contribution in [2.45, 2.75) is 26.7 Å². The standard InChI is InChI=1S/C20H23N3O5/c1-6-11-28-22-14(4)17-12(2)21-13(3)18(20(24)27-5)19(17)15-9-7-8-10-16(15)23(25)26/h6-10,19,21H,1,11H2,2-5H3. The molecule has 1 aromatic carbocycles. The summed E-state index contributed by atoms with van der Waals surface area (Å²) in [4.78, 5) is 29.0. The summed E-state index contributed by atoms with van der Waals surface area (Å²) < 4.78 is 4.96. The number of nitro benzene ring substituents is 1. The van der Waals surface area contributed by atoms with E-state index in [2.05, 4.69) is 17.1 Å². The van der Waals surface area contributed by atoms with Gasteiger partial charge in [-0.05, 0) is 20.8 Å². The molecule has 2 rings (SSSR count). The van der Waals surface area contributed by atoms with Gasteiger partial charge in [-0.25, -0.2) is 4.79 Å². The molecule has 1 atom stereocenters. The first-order valence-corrected chi connectivity index (χ1v) is 8.61. The Balaban J connectivity index is 2.74. The van der Waals surface area contributed by atoms with Gasteiger partial charge in [-0.3, -0.25) is 10.1 Å². The lowest BCUT2D eigenvalue weighted by Gasteiger charge is -2.31. The Labute approximate surface area is 163 Å². The third-order valence-electron chi connectivity index (χ3n) is 4.39. The second-order valence-electron chi connectivity index (χ2n) is 6.20. The lowest BCUT2D eigenvalue weighted by molar-refractivity contribution is -0.385. The van der Waals surface area contributed by atoms with Crippen molar-refractivity contribution >= 4 is 17.4 Å². The van der Waals surface area contributed by atoms with E-state index in [4.69, 9.17) is 9.57 Å². The minimum Gasteiger partial charge on any atom is -0.466 e. The van der Waals surface area contributed by atoms with Crippen molar-refractivity contribution < 1.29 is 19.3 Å². The van der Waals surface area contributed by atoms with Crippen LogP contribution >= 0.6 is 0 Å². The molecule has 0 spiro atoms. The maximum Gasteiger partial charge on any atom is 0.336 e. The van der Waals surface area contributed by atoms with E-state index in [1.807, 2.05) is 6.92 Å². The maximum absolute atomic E-state index is 12.6. The molecule has 0 bridgehead atoms. The van der Waals surface area contributed by atoms with Crippen LogP contribution in [-0.2, 0) is 14.4 Å². The number of dihydropyridines is 1. The Morgan fingerprint density at radius 1 is 1.32 bits per heavy atom. The molecule has 1 aromatic rings. The fraction of sp³-hybridized carbons (Fsp3) is 0.300. The Kier molecular flexibility index (Phi) is 6.70. The Bertz CT molecular complexity index is 899. The van der Waals surface area contributed by atoms with E-state index < -0.39 is 16.8 Å². The number of allylic oxidation sites excluding steroid dienone is 3. The molecule has 0 radical (unpaired) electrons. The third kappa shape index (κ3) is 4.11. The molecular formula is C20H23N3O5. The summed E-state index contributed by atoms with van der Waals surface area (Å²) in [6.07, 6.45) is 1.56. The smallest absolute Gasteiger partial charge is 0.336 e. The zero-order valence-electron chi connectivity index (χ0n) is 16.3. The predicted octanol–water partition coefficient (Wildman–Crippen LogP) is 3.58. The SMILES string of the molecule is C=CCON=C(C)C1=C(C)NC(C)=C(C(=O)OC)C1c1ccccc1[N+](=O)[O-]. The summed E-state index contributed by atoms with van der Waals surface area (Å²) in [5, 5.41) is 18.9. The second-order valence-corrected chi connectivity index (χ2v) is 6.20. The summed E-state index contributed by atoms with van der Waals surface area (Å²) in [5.74, 6) is -1.30. The number of nitro groups is 1. The average Bonchev–Trinajstić information content (AvgIpc) is 2.66. The van der Waals surface area contributed by atoms with Crippen LogP contribution in [0.5, 0.6) is 0 Å². The molecule has 1 aliphatic heterocycles. The highest BCUT2D eigenvalue weighted by molar-refractivity contribution is 6.04. The Morgan fingerprint density at radius 3 is 2.57 bits per heavy atom. The summed E-state index contributed by atoms with van der Waals surface area (Å²) in [6.45, 7) is 9.06. The number of nitrogens with zero attached hydrogens (tertiary/aromatic N) is 2. The first-order chi connectivity index (χ1) is 13.3. The van der Waals surface area contributed by atoms with Crippen LogP contribution in [0.15, 0.2) is 64.6 Å². The van der Waals surface area contributed by atoms with Crippen molar-refractivity contribution in [3.63, 3.8) is 0 Å². The first-order valence-electron chi connectivity index (χ1n) is 8.61. The number of rotatable bonds is 7. The number of carbonyl (C=O) groups excluding carboxylic acids is 1. The number of hydrogen-bond acceptors (Lipinski definition) is 7. The van der Waals surface area contributed by atoms with Crippen LogP contribution in [-0.4, -0.2) is 30.3 Å². The van der Waals surface area contributed by atoms with Crippen molar-refractivity contribution in [3.8, 4) is 0 Å². The highest BCUT2D eigenvalue weighted by Crippen LogP contribution is 2.42. The molecule has 0 aromatic heterocycles. The molecule has 0 fully saturated rings. The van der Waals surface area contributed by atoms with Crippen LogP contribution in [0.3, 0.4) is 0 Å². The number of ether oxygens (including phenoxy) is 1. The largest absolute Gasteiger partial charge is 0.466 e. The molecule has 0 aliphatic carbocycles. The number of benzene rings is 1. The summed E-state index contributed by atoms with van der Waals surface area (Å²) in [5.41, 5.74) is 2.96. The molecule has 28 heavy (non-hydrogen) atoms. The fourth-order valence-electron chi connectivity index (χ4n) is 3.30. The van der Waals surface area contributed by atoms with Crippen molar-refractivity contribution in [2.24, 2.45) is 5.16 Å². The topological polar surface area (TPSA) is 103 Å². The lowest BCUT2D eigenvalue weighted by Crippen LogP contribution is -2.31. The fourth-order valence-corrected chi connectivity index (χ4v) is 3.30. The summed E-state index contributed by atoms with van der Waals surface area (Å²) >= 11 is 0. The number of hydrogen-bond donors (Lipinski definition) is 1. The molecule has 0 saturated heterocycles. The molecule has 1 unspecified atom stereocenters. The average molecular weight is 385 g/mol. The van der Waals surface area contributed by atoms with E-state index in [1.54, 1.807) is 38.1 Å². The van der Waals surface area contributed by atoms with Gasteiger partial charge in [0, 0.05) is 28.6 Å². The minimum absolute atomic E-state index is 0.0892. The molecule has 1 N–H and O–H groups in total. The van der Waals surface area contributed by atoms with E-state index in [-0.39, 0.29) is 17.9 Å². The van der Waals surface area contributed by atoms with Gasteiger partial charge < -0.3 is 14.9 Å². The number of carbonyl (C=O) groups is 1. The molecule has 8 nitrogen and oxygen atoms in total. The predicted molar refractivity (Wildman–Crippen MR) is 106 cm³/mol. The molecule has 1 heterocycles. The van der Waals surface area contributed by atoms with Crippen molar-refractivity contribution in [1.29, 1.82) is 0 Å². The number of oxime groups is 1. The van der Waals surface area contributed by atoms with E-state index >= 15 is 0 Å².